The molecule has 7 heteroatoms. The van der Waals surface area contributed by atoms with Gasteiger partial charge in [-0.3, -0.25) is 4.79 Å². The highest BCUT2D eigenvalue weighted by molar-refractivity contribution is 5.77. The lowest BCUT2D eigenvalue weighted by molar-refractivity contribution is -0.135. The molecule has 3 aromatic rings. The van der Waals surface area contributed by atoms with E-state index < -0.39 is 0 Å². The maximum absolute atomic E-state index is 13.0. The summed E-state index contributed by atoms with van der Waals surface area (Å²) in [7, 11) is 1.67. The number of likely N-dealkylation sites (tertiary alicyclic amines) is 1. The summed E-state index contributed by atoms with van der Waals surface area (Å²) in [6.45, 7) is 5.01. The number of aromatic nitrogens is 4. The minimum Gasteiger partial charge on any atom is -0.497 e. The standard InChI is InChI=1S/C22H25N5O2/c1-22(2)19(17-10-7-11-18(14-17)29-3)12-13-26(22)20(28)15-27-24-21(23-25-27)16-8-5-4-6-9-16/h4-11,14,19H,12-13,15H2,1-3H3. The van der Waals surface area contributed by atoms with Crippen LogP contribution in [-0.2, 0) is 11.3 Å². The largest absolute Gasteiger partial charge is 0.497 e. The summed E-state index contributed by atoms with van der Waals surface area (Å²) < 4.78 is 5.37. The van der Waals surface area contributed by atoms with Gasteiger partial charge in [-0.1, -0.05) is 42.5 Å². The summed E-state index contributed by atoms with van der Waals surface area (Å²) in [4.78, 5) is 16.4. The molecule has 1 aromatic heterocycles. The molecule has 2 aromatic carbocycles. The lowest BCUT2D eigenvalue weighted by Gasteiger charge is -2.36. The maximum atomic E-state index is 13.0. The van der Waals surface area contributed by atoms with Crippen LogP contribution in [0.3, 0.4) is 0 Å². The zero-order chi connectivity index (χ0) is 20.4. The first-order chi connectivity index (χ1) is 14.0. The summed E-state index contributed by atoms with van der Waals surface area (Å²) >= 11 is 0. The van der Waals surface area contributed by atoms with Crippen LogP contribution in [-0.4, -0.2) is 50.2 Å². The van der Waals surface area contributed by atoms with Crippen LogP contribution in [0.2, 0.25) is 0 Å². The van der Waals surface area contributed by atoms with E-state index in [4.69, 9.17) is 4.74 Å². The molecule has 1 aliphatic rings. The number of hydrogen-bond donors (Lipinski definition) is 0. The monoisotopic (exact) mass is 391 g/mol. The molecule has 0 spiro atoms. The quantitative estimate of drug-likeness (QED) is 0.668. The maximum Gasteiger partial charge on any atom is 0.246 e. The fourth-order valence-corrected chi connectivity index (χ4v) is 4.19. The van der Waals surface area contributed by atoms with Gasteiger partial charge in [0.2, 0.25) is 11.7 Å². The number of rotatable bonds is 5. The minimum atomic E-state index is -0.313. The van der Waals surface area contributed by atoms with Gasteiger partial charge in [0.05, 0.1) is 7.11 Å². The number of tetrazole rings is 1. The van der Waals surface area contributed by atoms with Crippen molar-refractivity contribution in [2.75, 3.05) is 13.7 Å². The van der Waals surface area contributed by atoms with Gasteiger partial charge in [-0.05, 0) is 43.2 Å². The van der Waals surface area contributed by atoms with Crippen LogP contribution < -0.4 is 4.74 Å². The summed E-state index contributed by atoms with van der Waals surface area (Å²) in [6, 6.07) is 17.7. The van der Waals surface area contributed by atoms with Crippen molar-refractivity contribution in [3.05, 3.63) is 60.2 Å². The number of carbonyl (C=O) groups is 1. The highest BCUT2D eigenvalue weighted by atomic mass is 16.5. The Morgan fingerprint density at radius 3 is 2.72 bits per heavy atom. The number of hydrogen-bond acceptors (Lipinski definition) is 5. The molecular weight excluding hydrogens is 366 g/mol. The van der Waals surface area contributed by atoms with E-state index in [-0.39, 0.29) is 23.9 Å². The molecule has 1 atom stereocenters. The molecule has 1 unspecified atom stereocenters. The van der Waals surface area contributed by atoms with Crippen LogP contribution in [0, 0.1) is 0 Å². The van der Waals surface area contributed by atoms with Crippen LogP contribution in [0.1, 0.15) is 31.7 Å². The highest BCUT2D eigenvalue weighted by Gasteiger charge is 2.44. The van der Waals surface area contributed by atoms with Crippen molar-refractivity contribution in [3.8, 4) is 17.1 Å². The molecule has 0 saturated carbocycles. The van der Waals surface area contributed by atoms with E-state index in [0.717, 1.165) is 17.7 Å². The molecule has 4 rings (SSSR count). The van der Waals surface area contributed by atoms with Crippen LogP contribution in [0.4, 0.5) is 0 Å². The number of benzene rings is 2. The van der Waals surface area contributed by atoms with Crippen molar-refractivity contribution in [2.45, 2.75) is 38.3 Å². The predicted octanol–water partition coefficient (Wildman–Crippen LogP) is 3.14. The van der Waals surface area contributed by atoms with E-state index in [1.165, 1.54) is 10.4 Å². The first-order valence-electron chi connectivity index (χ1n) is 9.76. The molecule has 0 N–H and O–H groups in total. The molecule has 150 valence electrons. The molecule has 7 nitrogen and oxygen atoms in total. The molecular formula is C22H25N5O2. The molecule has 1 saturated heterocycles. The van der Waals surface area contributed by atoms with E-state index in [0.29, 0.717) is 12.4 Å². The van der Waals surface area contributed by atoms with E-state index in [2.05, 4.69) is 41.4 Å². The molecule has 29 heavy (non-hydrogen) atoms. The Morgan fingerprint density at radius 1 is 1.17 bits per heavy atom. The second kappa shape index (κ2) is 7.66. The van der Waals surface area contributed by atoms with Gasteiger partial charge in [-0.15, -0.1) is 10.2 Å². The normalized spacial score (nSPS) is 18.0. The SMILES string of the molecule is COc1cccc(C2CCN(C(=O)Cn3nnc(-c4ccccc4)n3)C2(C)C)c1. The van der Waals surface area contributed by atoms with Gasteiger partial charge in [0.1, 0.15) is 12.3 Å². The van der Waals surface area contributed by atoms with Crippen molar-refractivity contribution in [1.82, 2.24) is 25.1 Å². The fraction of sp³-hybridized carbons (Fsp3) is 0.364. The van der Waals surface area contributed by atoms with E-state index in [1.807, 2.05) is 47.4 Å². The lowest BCUT2D eigenvalue weighted by atomic mass is 9.82. The van der Waals surface area contributed by atoms with Gasteiger partial charge in [-0.25, -0.2) is 0 Å². The van der Waals surface area contributed by atoms with Gasteiger partial charge < -0.3 is 9.64 Å². The van der Waals surface area contributed by atoms with Crippen molar-refractivity contribution in [1.29, 1.82) is 0 Å². The van der Waals surface area contributed by atoms with Crippen LogP contribution in [0.5, 0.6) is 5.75 Å². The van der Waals surface area contributed by atoms with E-state index in [1.54, 1.807) is 7.11 Å². The topological polar surface area (TPSA) is 73.1 Å². The van der Waals surface area contributed by atoms with Crippen LogP contribution in [0.25, 0.3) is 11.4 Å². The van der Waals surface area contributed by atoms with Crippen molar-refractivity contribution in [2.24, 2.45) is 0 Å². The predicted molar refractivity (Wildman–Crippen MR) is 109 cm³/mol. The fourth-order valence-electron chi connectivity index (χ4n) is 4.19. The van der Waals surface area contributed by atoms with E-state index >= 15 is 0 Å². The molecule has 1 fully saturated rings. The minimum absolute atomic E-state index is 0.00240. The van der Waals surface area contributed by atoms with Gasteiger partial charge in [0, 0.05) is 23.6 Å². The number of carbonyl (C=O) groups excluding carboxylic acids is 1. The van der Waals surface area contributed by atoms with E-state index in [9.17, 15) is 4.79 Å². The third-order valence-corrected chi connectivity index (χ3v) is 5.75. The zero-order valence-electron chi connectivity index (χ0n) is 16.9. The Labute approximate surface area is 170 Å². The second-order valence-corrected chi connectivity index (χ2v) is 7.83. The number of nitrogens with zero attached hydrogens (tertiary/aromatic N) is 5. The second-order valence-electron chi connectivity index (χ2n) is 7.83. The Bertz CT molecular complexity index is 999. The third-order valence-electron chi connectivity index (χ3n) is 5.75. The van der Waals surface area contributed by atoms with Gasteiger partial charge in [-0.2, -0.15) is 4.80 Å². The Hall–Kier alpha value is -3.22. The lowest BCUT2D eigenvalue weighted by Crippen LogP contribution is -2.46. The molecule has 1 aliphatic heterocycles. The molecule has 2 heterocycles. The first-order valence-corrected chi connectivity index (χ1v) is 9.76. The number of amides is 1. The Balaban J connectivity index is 1.49. The molecule has 0 aliphatic carbocycles. The Morgan fingerprint density at radius 2 is 1.97 bits per heavy atom. The highest BCUT2D eigenvalue weighted by Crippen LogP contribution is 2.42. The smallest absolute Gasteiger partial charge is 0.246 e. The Kier molecular flexibility index (Phi) is 5.05. The summed E-state index contributed by atoms with van der Waals surface area (Å²) in [5.41, 5.74) is 1.76. The van der Waals surface area contributed by atoms with Crippen molar-refractivity contribution in [3.63, 3.8) is 0 Å². The summed E-state index contributed by atoms with van der Waals surface area (Å²) in [6.07, 6.45) is 0.909. The van der Waals surface area contributed by atoms with Crippen LogP contribution >= 0.6 is 0 Å². The average molecular weight is 391 g/mol. The number of ether oxygens (including phenoxy) is 1. The molecule has 0 bridgehead atoms. The third kappa shape index (κ3) is 3.72. The molecule has 0 radical (unpaired) electrons. The van der Waals surface area contributed by atoms with Crippen LogP contribution in [0.15, 0.2) is 54.6 Å². The van der Waals surface area contributed by atoms with Gasteiger partial charge >= 0.3 is 0 Å². The molecule has 1 amide bonds. The summed E-state index contributed by atoms with van der Waals surface area (Å²) in [5.74, 6) is 1.60. The van der Waals surface area contributed by atoms with Crippen molar-refractivity contribution >= 4 is 5.91 Å². The average Bonchev–Trinajstić information content (AvgIpc) is 3.32. The summed E-state index contributed by atoms with van der Waals surface area (Å²) in [5, 5.41) is 12.5. The van der Waals surface area contributed by atoms with Gasteiger partial charge in [0.15, 0.2) is 0 Å². The van der Waals surface area contributed by atoms with Gasteiger partial charge in [0.25, 0.3) is 0 Å². The number of methoxy groups -OCH3 is 1. The van der Waals surface area contributed by atoms with Crippen molar-refractivity contribution < 1.29 is 9.53 Å². The zero-order valence-corrected chi connectivity index (χ0v) is 16.9. The first kappa shape index (κ1) is 19.1.